The van der Waals surface area contributed by atoms with E-state index in [-0.39, 0.29) is 11.9 Å². The van der Waals surface area contributed by atoms with Crippen molar-refractivity contribution in [2.75, 3.05) is 0 Å². The number of fused-ring (bicyclic) bond motifs is 9. The van der Waals surface area contributed by atoms with E-state index in [0.717, 1.165) is 0 Å². The van der Waals surface area contributed by atoms with E-state index >= 15 is 0 Å². The van der Waals surface area contributed by atoms with Crippen LogP contribution in [0.25, 0.3) is 0 Å². The molecule has 1 saturated heterocycles. The van der Waals surface area contributed by atoms with E-state index < -0.39 is 16.8 Å². The van der Waals surface area contributed by atoms with Crippen LogP contribution in [0, 0.1) is 5.92 Å². The number of aliphatic hydroxyl groups is 2. The summed E-state index contributed by atoms with van der Waals surface area (Å²) >= 11 is 0. The third kappa shape index (κ3) is 4.58. The second-order valence-electron chi connectivity index (χ2n) is 7.92. The van der Waals surface area contributed by atoms with Crippen molar-refractivity contribution in [3.63, 3.8) is 0 Å². The van der Waals surface area contributed by atoms with Crippen LogP contribution in [0.3, 0.4) is 0 Å². The molecule has 0 aromatic carbocycles. The third-order valence-corrected chi connectivity index (χ3v) is 5.08. The van der Waals surface area contributed by atoms with E-state index in [1.165, 1.54) is 0 Å². The average molecular weight is 334 g/mol. The summed E-state index contributed by atoms with van der Waals surface area (Å²) in [6.45, 7) is 7.52. The van der Waals surface area contributed by atoms with Gasteiger partial charge in [-0.05, 0) is 57.9 Å². The Balaban J connectivity index is 2.39. The number of hydrogen-bond acceptors (Lipinski definition) is 4. The molecule has 1 fully saturated rings. The summed E-state index contributed by atoms with van der Waals surface area (Å²) in [6.07, 6.45) is 11.9. The van der Waals surface area contributed by atoms with Crippen LogP contribution in [0.5, 0.6) is 0 Å². The monoisotopic (exact) mass is 334 g/mol. The zero-order valence-electron chi connectivity index (χ0n) is 15.2. The molecule has 0 spiro atoms. The fraction of sp³-hybridized carbons (Fsp3) is 0.650. The summed E-state index contributed by atoms with van der Waals surface area (Å²) in [6, 6.07) is 0. The summed E-state index contributed by atoms with van der Waals surface area (Å²) in [5, 5.41) is 20.9. The Morgan fingerprint density at radius 1 is 1.08 bits per heavy atom. The number of esters is 1. The Morgan fingerprint density at radius 3 is 2.42 bits per heavy atom. The predicted molar refractivity (Wildman–Crippen MR) is 94.4 cm³/mol. The number of allylic oxidation sites excluding steroid dienone is 1. The normalized spacial score (nSPS) is 42.8. The molecule has 2 heterocycles. The molecule has 4 nitrogen and oxygen atoms in total. The van der Waals surface area contributed by atoms with Crippen molar-refractivity contribution in [1.29, 1.82) is 0 Å². The summed E-state index contributed by atoms with van der Waals surface area (Å²) in [5.74, 6) is -0.161. The molecule has 1 aliphatic carbocycles. The van der Waals surface area contributed by atoms with E-state index in [1.807, 2.05) is 32.1 Å². The van der Waals surface area contributed by atoms with Crippen LogP contribution in [0.2, 0.25) is 0 Å². The zero-order chi connectivity index (χ0) is 18.0. The van der Waals surface area contributed by atoms with Crippen LogP contribution >= 0.6 is 0 Å². The number of ether oxygens (including phenoxy) is 1. The second-order valence-corrected chi connectivity index (χ2v) is 7.92. The number of hydrogen-bond donors (Lipinski definition) is 2. The lowest BCUT2D eigenvalue weighted by Gasteiger charge is -2.39. The van der Waals surface area contributed by atoms with Gasteiger partial charge in [0.15, 0.2) is 0 Å². The van der Waals surface area contributed by atoms with Gasteiger partial charge in [0.1, 0.15) is 5.60 Å². The molecule has 2 aliphatic heterocycles. The number of carbonyl (C=O) groups excluding carboxylic acids is 1. The quantitative estimate of drug-likeness (QED) is 0.569. The first kappa shape index (κ1) is 18.9. The molecule has 0 radical (unpaired) electrons. The maximum Gasteiger partial charge on any atom is 0.334 e. The molecule has 0 saturated carbocycles. The van der Waals surface area contributed by atoms with Crippen molar-refractivity contribution in [1.82, 2.24) is 0 Å². The summed E-state index contributed by atoms with van der Waals surface area (Å²) in [5.41, 5.74) is -2.00. The molecule has 3 rings (SSSR count). The van der Waals surface area contributed by atoms with Crippen molar-refractivity contribution >= 4 is 5.97 Å². The molecule has 0 unspecified atom stereocenters. The van der Waals surface area contributed by atoms with Crippen LogP contribution in [0.15, 0.2) is 36.0 Å². The number of carbonyl (C=O) groups is 1. The molecule has 3 aliphatic rings. The van der Waals surface area contributed by atoms with Gasteiger partial charge in [0.25, 0.3) is 0 Å². The highest BCUT2D eigenvalue weighted by Gasteiger charge is 2.40. The van der Waals surface area contributed by atoms with Crippen molar-refractivity contribution < 1.29 is 19.7 Å². The zero-order valence-corrected chi connectivity index (χ0v) is 15.2. The highest BCUT2D eigenvalue weighted by Crippen LogP contribution is 2.37. The van der Waals surface area contributed by atoms with Gasteiger partial charge in [0.05, 0.1) is 11.2 Å². The summed E-state index contributed by atoms with van der Waals surface area (Å²) in [4.78, 5) is 12.4. The van der Waals surface area contributed by atoms with Gasteiger partial charge in [-0.15, -0.1) is 0 Å². The van der Waals surface area contributed by atoms with Crippen LogP contribution < -0.4 is 0 Å². The predicted octanol–water partition coefficient (Wildman–Crippen LogP) is 3.44. The lowest BCUT2D eigenvalue weighted by Crippen LogP contribution is -2.43. The molecular formula is C20H30O4. The smallest absolute Gasteiger partial charge is 0.334 e. The first-order valence-electron chi connectivity index (χ1n) is 8.81. The molecule has 4 heteroatoms. The van der Waals surface area contributed by atoms with Crippen LogP contribution in [0.4, 0.5) is 0 Å². The minimum atomic E-state index is -1.05. The third-order valence-electron chi connectivity index (χ3n) is 5.08. The molecule has 134 valence electrons. The largest absolute Gasteiger partial charge is 0.451 e. The summed E-state index contributed by atoms with van der Waals surface area (Å²) < 4.78 is 5.80. The van der Waals surface area contributed by atoms with E-state index in [1.54, 1.807) is 26.0 Å². The lowest BCUT2D eigenvalue weighted by molar-refractivity contribution is -0.159. The Bertz CT molecular complexity index is 566. The van der Waals surface area contributed by atoms with Gasteiger partial charge in [-0.3, -0.25) is 0 Å². The Labute approximate surface area is 144 Å². The van der Waals surface area contributed by atoms with E-state index in [2.05, 4.69) is 0 Å². The van der Waals surface area contributed by atoms with Gasteiger partial charge in [0.2, 0.25) is 0 Å². The van der Waals surface area contributed by atoms with Crippen molar-refractivity contribution in [3.05, 3.63) is 36.0 Å². The highest BCUT2D eigenvalue weighted by molar-refractivity contribution is 5.89. The van der Waals surface area contributed by atoms with Gasteiger partial charge in [-0.25, -0.2) is 4.79 Å². The molecule has 0 aromatic heterocycles. The standard InChI is InChI=1S/C20H30O4/c1-15(2)20-12-8-16(17(21)24-20)7-5-9-18(3,22)10-6-11-19(4,23)13-14-20/h6-7,10,13-15,22-23H,5,8-9,11-12H2,1-4H3/b10-6-,14-13-,16-7-/t18-,19+,20-/m1/s1. The second kappa shape index (κ2) is 6.85. The molecular weight excluding hydrogens is 304 g/mol. The van der Waals surface area contributed by atoms with Crippen molar-refractivity contribution in [3.8, 4) is 0 Å². The molecule has 2 N–H and O–H groups in total. The van der Waals surface area contributed by atoms with Crippen LogP contribution in [-0.4, -0.2) is 33.0 Å². The summed E-state index contributed by atoms with van der Waals surface area (Å²) in [7, 11) is 0. The first-order chi connectivity index (χ1) is 11.1. The van der Waals surface area contributed by atoms with E-state index in [9.17, 15) is 15.0 Å². The Morgan fingerprint density at radius 2 is 1.79 bits per heavy atom. The van der Waals surface area contributed by atoms with Crippen molar-refractivity contribution in [2.45, 2.75) is 76.6 Å². The fourth-order valence-electron chi connectivity index (χ4n) is 3.18. The van der Waals surface area contributed by atoms with E-state index in [0.29, 0.717) is 37.7 Å². The van der Waals surface area contributed by atoms with Gasteiger partial charge >= 0.3 is 5.97 Å². The fourth-order valence-corrected chi connectivity index (χ4v) is 3.18. The minimum absolute atomic E-state index is 0.124. The van der Waals surface area contributed by atoms with Crippen LogP contribution in [-0.2, 0) is 9.53 Å². The maximum atomic E-state index is 12.4. The molecule has 24 heavy (non-hydrogen) atoms. The SMILES string of the molecule is CC(C)[C@]12/C=C\[C@@](C)(O)C/C=C\[C@](C)(O)CC/C=C(/CC1)C(=O)O2. The molecule has 2 bridgehead atoms. The lowest BCUT2D eigenvalue weighted by atomic mass is 9.80. The van der Waals surface area contributed by atoms with Gasteiger partial charge < -0.3 is 14.9 Å². The minimum Gasteiger partial charge on any atom is -0.451 e. The molecule has 0 aromatic rings. The number of rotatable bonds is 1. The van der Waals surface area contributed by atoms with Gasteiger partial charge in [-0.2, -0.15) is 0 Å². The maximum absolute atomic E-state index is 12.4. The Kier molecular flexibility index (Phi) is 5.41. The Hall–Kier alpha value is -1.39. The van der Waals surface area contributed by atoms with Gasteiger partial charge in [-0.1, -0.05) is 38.2 Å². The first-order valence-corrected chi connectivity index (χ1v) is 8.81. The molecule has 3 atom stereocenters. The van der Waals surface area contributed by atoms with Crippen LogP contribution in [0.1, 0.15) is 59.8 Å². The van der Waals surface area contributed by atoms with Crippen molar-refractivity contribution in [2.24, 2.45) is 5.92 Å². The molecule has 0 amide bonds. The average Bonchev–Trinajstić information content (AvgIpc) is 2.46. The van der Waals surface area contributed by atoms with Gasteiger partial charge in [0, 0.05) is 5.57 Å². The van der Waals surface area contributed by atoms with E-state index in [4.69, 9.17) is 4.74 Å². The highest BCUT2D eigenvalue weighted by atomic mass is 16.6. The topological polar surface area (TPSA) is 66.8 Å².